The van der Waals surface area contributed by atoms with Crippen LogP contribution in [0.3, 0.4) is 0 Å². The van der Waals surface area contributed by atoms with Gasteiger partial charge in [-0.1, -0.05) is 38.1 Å². The minimum Gasteiger partial charge on any atom is -0.366 e. The van der Waals surface area contributed by atoms with Gasteiger partial charge in [-0.25, -0.2) is 9.97 Å². The molecular formula is C17H20N4O. The predicted octanol–water partition coefficient (Wildman–Crippen LogP) is 3.45. The lowest BCUT2D eigenvalue weighted by atomic mass is 10.0. The Morgan fingerprint density at radius 1 is 1.32 bits per heavy atom. The largest absolute Gasteiger partial charge is 0.366 e. The fraction of sp³-hybridized carbons (Fsp3) is 0.235. The summed E-state index contributed by atoms with van der Waals surface area (Å²) in [5.41, 5.74) is 2.22. The van der Waals surface area contributed by atoms with Gasteiger partial charge >= 0.3 is 0 Å². The summed E-state index contributed by atoms with van der Waals surface area (Å²) in [5.74, 6) is 0.668. The van der Waals surface area contributed by atoms with Gasteiger partial charge < -0.3 is 10.6 Å². The van der Waals surface area contributed by atoms with Crippen LogP contribution < -0.4 is 10.6 Å². The number of anilines is 2. The molecule has 5 nitrogen and oxygen atoms in total. The van der Waals surface area contributed by atoms with Gasteiger partial charge in [-0.15, -0.1) is 6.58 Å². The molecule has 2 rings (SSSR count). The summed E-state index contributed by atoms with van der Waals surface area (Å²) in [7, 11) is 0. The molecule has 0 aliphatic carbocycles. The van der Waals surface area contributed by atoms with Gasteiger partial charge in [-0.05, 0) is 17.5 Å². The van der Waals surface area contributed by atoms with Crippen LogP contribution in [0.15, 0.2) is 49.3 Å². The van der Waals surface area contributed by atoms with Gasteiger partial charge in [0.2, 0.25) is 0 Å². The molecule has 114 valence electrons. The summed E-state index contributed by atoms with van der Waals surface area (Å²) >= 11 is 0. The molecule has 0 saturated carbocycles. The van der Waals surface area contributed by atoms with Crippen molar-refractivity contribution < 1.29 is 4.79 Å². The second-order valence-electron chi connectivity index (χ2n) is 5.15. The second kappa shape index (κ2) is 7.36. The number of hydrogen-bond acceptors (Lipinski definition) is 4. The third-order valence-corrected chi connectivity index (χ3v) is 3.16. The Kier molecular flexibility index (Phi) is 5.25. The van der Waals surface area contributed by atoms with Crippen molar-refractivity contribution in [3.63, 3.8) is 0 Å². The molecular weight excluding hydrogens is 276 g/mol. The molecule has 0 aliphatic rings. The van der Waals surface area contributed by atoms with Gasteiger partial charge in [0.25, 0.3) is 5.91 Å². The highest BCUT2D eigenvalue weighted by molar-refractivity contribution is 6.03. The van der Waals surface area contributed by atoms with E-state index in [9.17, 15) is 4.79 Å². The minimum absolute atomic E-state index is 0.253. The van der Waals surface area contributed by atoms with Gasteiger partial charge in [0.1, 0.15) is 17.8 Å². The Hall–Kier alpha value is -2.69. The van der Waals surface area contributed by atoms with E-state index in [2.05, 4.69) is 41.0 Å². The number of hydrogen-bond donors (Lipinski definition) is 2. The highest BCUT2D eigenvalue weighted by Crippen LogP contribution is 2.24. The molecule has 2 N–H and O–H groups in total. The molecule has 0 unspecified atom stereocenters. The lowest BCUT2D eigenvalue weighted by Crippen LogP contribution is -2.16. The highest BCUT2D eigenvalue weighted by Gasteiger charge is 2.12. The quantitative estimate of drug-likeness (QED) is 0.801. The van der Waals surface area contributed by atoms with Crippen LogP contribution in [0.25, 0.3) is 0 Å². The number of aromatic nitrogens is 2. The Bertz CT molecular complexity index is 667. The van der Waals surface area contributed by atoms with Crippen LogP contribution in [0.2, 0.25) is 0 Å². The normalized spacial score (nSPS) is 10.3. The van der Waals surface area contributed by atoms with E-state index in [4.69, 9.17) is 0 Å². The van der Waals surface area contributed by atoms with Gasteiger partial charge in [-0.2, -0.15) is 0 Å². The summed E-state index contributed by atoms with van der Waals surface area (Å²) < 4.78 is 0. The van der Waals surface area contributed by atoms with E-state index in [0.717, 1.165) is 11.3 Å². The molecule has 1 aromatic heterocycles. The van der Waals surface area contributed by atoms with Crippen molar-refractivity contribution in [2.24, 2.45) is 0 Å². The van der Waals surface area contributed by atoms with Gasteiger partial charge in [0.15, 0.2) is 0 Å². The SMILES string of the molecule is C=CCNc1cc(C(=O)Nc2ccccc2C(C)C)ncn1. The van der Waals surface area contributed by atoms with Crippen molar-refractivity contribution in [3.8, 4) is 0 Å². The van der Waals surface area contributed by atoms with Crippen LogP contribution in [0.4, 0.5) is 11.5 Å². The Morgan fingerprint density at radius 2 is 2.09 bits per heavy atom. The predicted molar refractivity (Wildman–Crippen MR) is 89.2 cm³/mol. The maximum atomic E-state index is 12.4. The fourth-order valence-electron chi connectivity index (χ4n) is 2.06. The van der Waals surface area contributed by atoms with Crippen molar-refractivity contribution in [2.75, 3.05) is 17.2 Å². The number of nitrogens with zero attached hydrogens (tertiary/aromatic N) is 2. The zero-order valence-corrected chi connectivity index (χ0v) is 12.8. The first-order chi connectivity index (χ1) is 10.6. The Balaban J connectivity index is 2.17. The molecule has 0 aliphatic heterocycles. The minimum atomic E-state index is -0.253. The highest BCUT2D eigenvalue weighted by atomic mass is 16.1. The first-order valence-corrected chi connectivity index (χ1v) is 7.19. The topological polar surface area (TPSA) is 66.9 Å². The van der Waals surface area contributed by atoms with Crippen molar-refractivity contribution in [1.29, 1.82) is 0 Å². The van der Waals surface area contributed by atoms with E-state index in [1.54, 1.807) is 12.1 Å². The monoisotopic (exact) mass is 296 g/mol. The average molecular weight is 296 g/mol. The summed E-state index contributed by atoms with van der Waals surface area (Å²) in [6.07, 6.45) is 3.09. The van der Waals surface area contributed by atoms with E-state index < -0.39 is 0 Å². The van der Waals surface area contributed by atoms with Crippen LogP contribution in [0.5, 0.6) is 0 Å². The summed E-state index contributed by atoms with van der Waals surface area (Å²) in [6, 6.07) is 9.39. The van der Waals surface area contributed by atoms with Crippen molar-refractivity contribution in [1.82, 2.24) is 9.97 Å². The third-order valence-electron chi connectivity index (χ3n) is 3.16. The molecule has 5 heteroatoms. The van der Waals surface area contributed by atoms with E-state index in [1.165, 1.54) is 6.33 Å². The molecule has 1 amide bonds. The van der Waals surface area contributed by atoms with Crippen molar-refractivity contribution in [3.05, 3.63) is 60.6 Å². The van der Waals surface area contributed by atoms with Crippen LogP contribution in [-0.2, 0) is 0 Å². The smallest absolute Gasteiger partial charge is 0.274 e. The number of rotatable bonds is 6. The number of carbonyl (C=O) groups excluding carboxylic acids is 1. The van der Waals surface area contributed by atoms with Gasteiger partial charge in [0, 0.05) is 18.3 Å². The second-order valence-corrected chi connectivity index (χ2v) is 5.15. The van der Waals surface area contributed by atoms with Crippen molar-refractivity contribution in [2.45, 2.75) is 19.8 Å². The van der Waals surface area contributed by atoms with Gasteiger partial charge in [-0.3, -0.25) is 4.79 Å². The number of benzene rings is 1. The molecule has 0 saturated heterocycles. The molecule has 2 aromatic rings. The summed E-state index contributed by atoms with van der Waals surface area (Å²) in [5, 5.41) is 5.95. The molecule has 1 aromatic carbocycles. The van der Waals surface area contributed by atoms with E-state index in [-0.39, 0.29) is 5.91 Å². The first kappa shape index (κ1) is 15.7. The zero-order chi connectivity index (χ0) is 15.9. The number of para-hydroxylation sites is 1. The van der Waals surface area contributed by atoms with E-state index in [0.29, 0.717) is 24.0 Å². The van der Waals surface area contributed by atoms with Crippen molar-refractivity contribution >= 4 is 17.4 Å². The van der Waals surface area contributed by atoms with E-state index >= 15 is 0 Å². The first-order valence-electron chi connectivity index (χ1n) is 7.19. The zero-order valence-electron chi connectivity index (χ0n) is 12.8. The maximum absolute atomic E-state index is 12.4. The third kappa shape index (κ3) is 3.91. The van der Waals surface area contributed by atoms with E-state index in [1.807, 2.05) is 24.3 Å². The van der Waals surface area contributed by atoms with Crippen LogP contribution in [0, 0.1) is 0 Å². The van der Waals surface area contributed by atoms with Crippen LogP contribution >= 0.6 is 0 Å². The van der Waals surface area contributed by atoms with Crippen LogP contribution in [0.1, 0.15) is 35.8 Å². The summed E-state index contributed by atoms with van der Waals surface area (Å²) in [6.45, 7) is 8.39. The molecule has 0 spiro atoms. The number of nitrogens with one attached hydrogen (secondary N) is 2. The van der Waals surface area contributed by atoms with Gasteiger partial charge in [0.05, 0.1) is 0 Å². The summed E-state index contributed by atoms with van der Waals surface area (Å²) in [4.78, 5) is 20.5. The molecule has 1 heterocycles. The molecule has 0 fully saturated rings. The fourth-order valence-corrected chi connectivity index (χ4v) is 2.06. The molecule has 0 bridgehead atoms. The number of amides is 1. The molecule has 0 radical (unpaired) electrons. The maximum Gasteiger partial charge on any atom is 0.274 e. The number of carbonyl (C=O) groups is 1. The standard InChI is InChI=1S/C17H20N4O/c1-4-9-18-16-10-15(19-11-20-16)17(22)21-14-8-6-5-7-13(14)12(2)3/h4-8,10-12H,1,9H2,2-3H3,(H,21,22)(H,18,19,20). The molecule has 0 atom stereocenters. The molecule has 22 heavy (non-hydrogen) atoms. The average Bonchev–Trinajstić information content (AvgIpc) is 2.53. The Morgan fingerprint density at radius 3 is 2.82 bits per heavy atom. The lowest BCUT2D eigenvalue weighted by Gasteiger charge is -2.13. The van der Waals surface area contributed by atoms with Crippen LogP contribution in [-0.4, -0.2) is 22.4 Å². The lowest BCUT2D eigenvalue weighted by molar-refractivity contribution is 0.102. The Labute approximate surface area is 130 Å².